The maximum atomic E-state index is 5.63. The van der Waals surface area contributed by atoms with Crippen LogP contribution in [0.3, 0.4) is 0 Å². The molecule has 1 fully saturated rings. The standard InChI is InChI=1S/C12H20O3/c1-5-7-11(9(3)6-2)13-8-12-14-10(4)15-12/h5,7,10,12H,6,8H2,1-4H3/b7-5-,11-9+. The third kappa shape index (κ3) is 3.68. The minimum atomic E-state index is -0.204. The first-order valence-electron chi connectivity index (χ1n) is 5.43. The number of rotatable bonds is 5. The maximum Gasteiger partial charge on any atom is 0.197 e. The molecule has 0 atom stereocenters. The lowest BCUT2D eigenvalue weighted by atomic mass is 10.2. The molecule has 0 saturated carbocycles. The topological polar surface area (TPSA) is 27.7 Å². The van der Waals surface area contributed by atoms with Crippen molar-refractivity contribution in [1.29, 1.82) is 0 Å². The van der Waals surface area contributed by atoms with Gasteiger partial charge in [-0.15, -0.1) is 0 Å². The maximum absolute atomic E-state index is 5.63. The number of hydrogen-bond acceptors (Lipinski definition) is 3. The SMILES string of the molecule is C/C=C\C(OCC1OC(C)O1)=C(\C)CC. The molecule has 0 aromatic heterocycles. The van der Waals surface area contributed by atoms with Crippen molar-refractivity contribution in [3.63, 3.8) is 0 Å². The van der Waals surface area contributed by atoms with Crippen LogP contribution in [-0.2, 0) is 14.2 Å². The summed E-state index contributed by atoms with van der Waals surface area (Å²) >= 11 is 0. The van der Waals surface area contributed by atoms with Gasteiger partial charge in [0, 0.05) is 0 Å². The summed E-state index contributed by atoms with van der Waals surface area (Å²) in [6, 6.07) is 0. The van der Waals surface area contributed by atoms with E-state index in [1.54, 1.807) is 0 Å². The van der Waals surface area contributed by atoms with Crippen molar-refractivity contribution in [2.24, 2.45) is 0 Å². The fourth-order valence-electron chi connectivity index (χ4n) is 1.31. The zero-order chi connectivity index (χ0) is 11.3. The quantitative estimate of drug-likeness (QED) is 0.518. The van der Waals surface area contributed by atoms with Gasteiger partial charge in [0.25, 0.3) is 0 Å². The second-order valence-electron chi connectivity index (χ2n) is 3.58. The predicted molar refractivity (Wildman–Crippen MR) is 59.2 cm³/mol. The Hall–Kier alpha value is -0.800. The largest absolute Gasteiger partial charge is 0.488 e. The van der Waals surface area contributed by atoms with Crippen molar-refractivity contribution < 1.29 is 14.2 Å². The van der Waals surface area contributed by atoms with Gasteiger partial charge in [0.05, 0.1) is 0 Å². The molecule has 3 nitrogen and oxygen atoms in total. The minimum absolute atomic E-state index is 0.0833. The van der Waals surface area contributed by atoms with Crippen molar-refractivity contribution >= 4 is 0 Å². The van der Waals surface area contributed by atoms with Crippen molar-refractivity contribution in [2.45, 2.75) is 46.7 Å². The van der Waals surface area contributed by atoms with Crippen LogP contribution in [0.5, 0.6) is 0 Å². The molecule has 0 spiro atoms. The molecular weight excluding hydrogens is 192 g/mol. The van der Waals surface area contributed by atoms with Gasteiger partial charge in [-0.05, 0) is 38.8 Å². The summed E-state index contributed by atoms with van der Waals surface area (Å²) in [6.07, 6.45) is 4.65. The van der Waals surface area contributed by atoms with E-state index >= 15 is 0 Å². The van der Waals surface area contributed by atoms with E-state index in [4.69, 9.17) is 14.2 Å². The molecule has 0 unspecified atom stereocenters. The second-order valence-corrected chi connectivity index (χ2v) is 3.58. The smallest absolute Gasteiger partial charge is 0.197 e. The molecule has 1 rings (SSSR count). The Morgan fingerprint density at radius 2 is 2.07 bits per heavy atom. The van der Waals surface area contributed by atoms with Crippen molar-refractivity contribution in [2.75, 3.05) is 6.61 Å². The predicted octanol–water partition coefficient (Wildman–Crippen LogP) is 2.98. The lowest BCUT2D eigenvalue weighted by molar-refractivity contribution is -0.383. The van der Waals surface area contributed by atoms with Crippen LogP contribution in [0, 0.1) is 0 Å². The first kappa shape index (κ1) is 12.3. The van der Waals surface area contributed by atoms with E-state index in [0.29, 0.717) is 6.61 Å². The highest BCUT2D eigenvalue weighted by molar-refractivity contribution is 5.18. The molecular formula is C12H20O3. The van der Waals surface area contributed by atoms with Gasteiger partial charge in [0.15, 0.2) is 12.6 Å². The van der Waals surface area contributed by atoms with Crippen LogP contribution < -0.4 is 0 Å². The lowest BCUT2D eigenvalue weighted by Gasteiger charge is -2.33. The zero-order valence-electron chi connectivity index (χ0n) is 9.95. The third-order valence-corrected chi connectivity index (χ3v) is 2.33. The van der Waals surface area contributed by atoms with Gasteiger partial charge in [-0.25, -0.2) is 0 Å². The molecule has 1 heterocycles. The van der Waals surface area contributed by atoms with Gasteiger partial charge in [-0.1, -0.05) is 13.0 Å². The average molecular weight is 212 g/mol. The molecule has 86 valence electrons. The van der Waals surface area contributed by atoms with Crippen molar-refractivity contribution in [3.05, 3.63) is 23.5 Å². The molecule has 15 heavy (non-hydrogen) atoms. The highest BCUT2D eigenvalue weighted by Crippen LogP contribution is 2.18. The van der Waals surface area contributed by atoms with Gasteiger partial charge in [0.2, 0.25) is 0 Å². The Morgan fingerprint density at radius 3 is 2.53 bits per heavy atom. The highest BCUT2D eigenvalue weighted by Gasteiger charge is 2.27. The van der Waals surface area contributed by atoms with Crippen LogP contribution in [-0.4, -0.2) is 19.2 Å². The molecule has 0 aromatic rings. The Morgan fingerprint density at radius 1 is 1.40 bits per heavy atom. The first-order valence-corrected chi connectivity index (χ1v) is 5.43. The normalized spacial score (nSPS) is 27.5. The molecule has 1 aliphatic rings. The van der Waals surface area contributed by atoms with Crippen LogP contribution in [0.15, 0.2) is 23.5 Å². The molecule has 1 saturated heterocycles. The van der Waals surface area contributed by atoms with Gasteiger partial charge in [0.1, 0.15) is 12.4 Å². The molecule has 0 N–H and O–H groups in total. The summed E-state index contributed by atoms with van der Waals surface area (Å²) in [7, 11) is 0. The van der Waals surface area contributed by atoms with E-state index in [-0.39, 0.29) is 12.6 Å². The molecule has 1 aliphatic heterocycles. The zero-order valence-corrected chi connectivity index (χ0v) is 9.95. The van der Waals surface area contributed by atoms with E-state index in [9.17, 15) is 0 Å². The summed E-state index contributed by atoms with van der Waals surface area (Å²) < 4.78 is 16.2. The number of hydrogen-bond donors (Lipinski definition) is 0. The first-order chi connectivity index (χ1) is 7.17. The fourth-order valence-corrected chi connectivity index (χ4v) is 1.31. The summed E-state index contributed by atoms with van der Waals surface area (Å²) in [5, 5.41) is 0. The van der Waals surface area contributed by atoms with E-state index in [0.717, 1.165) is 12.2 Å². The monoisotopic (exact) mass is 212 g/mol. The van der Waals surface area contributed by atoms with Crippen LogP contribution in [0.2, 0.25) is 0 Å². The molecule has 0 bridgehead atoms. The van der Waals surface area contributed by atoms with E-state index in [1.165, 1.54) is 5.57 Å². The Labute approximate surface area is 91.7 Å². The van der Waals surface area contributed by atoms with Crippen LogP contribution >= 0.6 is 0 Å². The van der Waals surface area contributed by atoms with Gasteiger partial charge >= 0.3 is 0 Å². The number of allylic oxidation sites excluding steroid dienone is 3. The molecule has 0 aliphatic carbocycles. The van der Waals surface area contributed by atoms with Gasteiger partial charge in [-0.3, -0.25) is 0 Å². The Balaban J connectivity index is 2.39. The second kappa shape index (κ2) is 5.93. The highest BCUT2D eigenvalue weighted by atomic mass is 16.9. The molecule has 0 aromatic carbocycles. The Kier molecular flexibility index (Phi) is 4.85. The summed E-state index contributed by atoms with van der Waals surface area (Å²) in [4.78, 5) is 0. The van der Waals surface area contributed by atoms with Gasteiger partial charge in [-0.2, -0.15) is 0 Å². The lowest BCUT2D eigenvalue weighted by Crippen LogP contribution is -2.41. The molecule has 0 radical (unpaired) electrons. The fraction of sp³-hybridized carbons (Fsp3) is 0.667. The number of ether oxygens (including phenoxy) is 3. The Bertz CT molecular complexity index is 250. The van der Waals surface area contributed by atoms with E-state index in [2.05, 4.69) is 13.8 Å². The van der Waals surface area contributed by atoms with Crippen LogP contribution in [0.25, 0.3) is 0 Å². The summed E-state index contributed by atoms with van der Waals surface area (Å²) in [5.74, 6) is 0.923. The van der Waals surface area contributed by atoms with Crippen LogP contribution in [0.4, 0.5) is 0 Å². The third-order valence-electron chi connectivity index (χ3n) is 2.33. The van der Waals surface area contributed by atoms with Crippen molar-refractivity contribution in [1.82, 2.24) is 0 Å². The minimum Gasteiger partial charge on any atom is -0.488 e. The molecule has 0 amide bonds. The van der Waals surface area contributed by atoms with E-state index < -0.39 is 0 Å². The van der Waals surface area contributed by atoms with E-state index in [1.807, 2.05) is 26.0 Å². The van der Waals surface area contributed by atoms with Crippen LogP contribution in [0.1, 0.15) is 34.1 Å². The summed E-state index contributed by atoms with van der Waals surface area (Å²) in [5.41, 5.74) is 1.24. The van der Waals surface area contributed by atoms with Crippen molar-refractivity contribution in [3.8, 4) is 0 Å². The van der Waals surface area contributed by atoms with Gasteiger partial charge < -0.3 is 14.2 Å². The average Bonchev–Trinajstić information content (AvgIpc) is 2.19. The molecule has 3 heteroatoms. The summed E-state index contributed by atoms with van der Waals surface area (Å²) in [6.45, 7) is 8.49.